The van der Waals surface area contributed by atoms with Gasteiger partial charge in [0.2, 0.25) is 5.91 Å². The number of carbonyl (C=O) groups is 2. The van der Waals surface area contributed by atoms with E-state index < -0.39 is 17.9 Å². The molecule has 1 aromatic carbocycles. The van der Waals surface area contributed by atoms with Crippen LogP contribution in [0.15, 0.2) is 24.3 Å². The number of carbonyl (C=O) groups excluding carboxylic acids is 1. The van der Waals surface area contributed by atoms with Gasteiger partial charge in [-0.2, -0.15) is 0 Å². The molecule has 1 rings (SSSR count). The standard InChI is InChI=1S/C13H16ClNO5/c14-9-2-1-3-10(8-9)20-7-5-12(17)15-11(4-6-16)13(18)19/h1-3,8,11,16H,4-7H2,(H,15,17)(H,18,19)/t11-/m1/s1. The number of amides is 1. The number of aliphatic hydroxyl groups excluding tert-OH is 1. The molecule has 0 heterocycles. The van der Waals surface area contributed by atoms with Gasteiger partial charge in [-0.25, -0.2) is 4.79 Å². The summed E-state index contributed by atoms with van der Waals surface area (Å²) in [6.45, 7) is -0.200. The molecule has 0 bridgehead atoms. The van der Waals surface area contributed by atoms with Crippen molar-refractivity contribution in [2.45, 2.75) is 18.9 Å². The SMILES string of the molecule is O=C(CCOc1cccc(Cl)c1)N[C@H](CCO)C(=O)O. The topological polar surface area (TPSA) is 95.9 Å². The summed E-state index contributed by atoms with van der Waals surface area (Å²) < 4.78 is 5.32. The fourth-order valence-electron chi connectivity index (χ4n) is 1.47. The predicted octanol–water partition coefficient (Wildman–Crippen LogP) is 1.06. The van der Waals surface area contributed by atoms with Gasteiger partial charge in [0, 0.05) is 18.1 Å². The zero-order valence-corrected chi connectivity index (χ0v) is 11.5. The Balaban J connectivity index is 2.34. The summed E-state index contributed by atoms with van der Waals surface area (Å²) in [6, 6.07) is 5.66. The van der Waals surface area contributed by atoms with Gasteiger partial charge in [-0.3, -0.25) is 4.79 Å². The second-order valence-corrected chi connectivity index (χ2v) is 4.46. The van der Waals surface area contributed by atoms with E-state index >= 15 is 0 Å². The lowest BCUT2D eigenvalue weighted by Gasteiger charge is -2.13. The number of rotatable bonds is 8. The van der Waals surface area contributed by atoms with Crippen molar-refractivity contribution in [2.24, 2.45) is 0 Å². The van der Waals surface area contributed by atoms with Crippen LogP contribution in [0.2, 0.25) is 5.02 Å². The van der Waals surface area contributed by atoms with E-state index in [1.807, 2.05) is 0 Å². The molecular formula is C13H16ClNO5. The molecule has 0 unspecified atom stereocenters. The van der Waals surface area contributed by atoms with Crippen molar-refractivity contribution >= 4 is 23.5 Å². The molecule has 0 radical (unpaired) electrons. The molecule has 3 N–H and O–H groups in total. The number of carboxylic acid groups (broad SMARTS) is 1. The number of aliphatic hydroxyl groups is 1. The van der Waals surface area contributed by atoms with Gasteiger partial charge in [-0.05, 0) is 18.2 Å². The monoisotopic (exact) mass is 301 g/mol. The molecule has 1 atom stereocenters. The zero-order chi connectivity index (χ0) is 15.0. The number of halogens is 1. The Hall–Kier alpha value is -1.79. The molecule has 0 aliphatic carbocycles. The van der Waals surface area contributed by atoms with Crippen molar-refractivity contribution < 1.29 is 24.5 Å². The molecule has 6 nitrogen and oxygen atoms in total. The molecule has 0 saturated carbocycles. The van der Waals surface area contributed by atoms with Gasteiger partial charge in [-0.1, -0.05) is 17.7 Å². The molecule has 0 spiro atoms. The van der Waals surface area contributed by atoms with Crippen LogP contribution < -0.4 is 10.1 Å². The van der Waals surface area contributed by atoms with Crippen molar-refractivity contribution in [3.63, 3.8) is 0 Å². The first kappa shape index (κ1) is 16.3. The van der Waals surface area contributed by atoms with E-state index in [2.05, 4.69) is 5.32 Å². The maximum atomic E-state index is 11.5. The number of hydrogen-bond acceptors (Lipinski definition) is 4. The maximum absolute atomic E-state index is 11.5. The number of carboxylic acids is 1. The van der Waals surface area contributed by atoms with E-state index in [0.29, 0.717) is 10.8 Å². The van der Waals surface area contributed by atoms with Gasteiger partial charge in [0.15, 0.2) is 0 Å². The molecule has 1 amide bonds. The van der Waals surface area contributed by atoms with Crippen LogP contribution in [0.25, 0.3) is 0 Å². The van der Waals surface area contributed by atoms with E-state index in [4.69, 9.17) is 26.6 Å². The lowest BCUT2D eigenvalue weighted by Crippen LogP contribution is -2.41. The first-order valence-corrected chi connectivity index (χ1v) is 6.42. The fraction of sp³-hybridized carbons (Fsp3) is 0.385. The Morgan fingerprint density at radius 3 is 2.75 bits per heavy atom. The minimum atomic E-state index is -1.18. The third-order valence-electron chi connectivity index (χ3n) is 2.45. The summed E-state index contributed by atoms with van der Waals surface area (Å²) in [5.41, 5.74) is 0. The lowest BCUT2D eigenvalue weighted by atomic mass is 10.2. The number of benzene rings is 1. The summed E-state index contributed by atoms with van der Waals surface area (Å²) >= 11 is 5.78. The minimum Gasteiger partial charge on any atom is -0.493 e. The second-order valence-electron chi connectivity index (χ2n) is 4.03. The molecule has 0 aliphatic heterocycles. The van der Waals surface area contributed by atoms with Crippen LogP contribution in [-0.4, -0.2) is 41.3 Å². The average Bonchev–Trinajstić information content (AvgIpc) is 2.38. The zero-order valence-electron chi connectivity index (χ0n) is 10.7. The first-order chi connectivity index (χ1) is 9.52. The van der Waals surface area contributed by atoms with E-state index in [-0.39, 0.29) is 26.1 Å². The second kappa shape index (κ2) is 8.39. The van der Waals surface area contributed by atoms with E-state index in [1.165, 1.54) is 0 Å². The molecule has 1 aromatic rings. The summed E-state index contributed by atoms with van der Waals surface area (Å²) in [7, 11) is 0. The lowest BCUT2D eigenvalue weighted by molar-refractivity contribution is -0.142. The Morgan fingerprint density at radius 1 is 1.40 bits per heavy atom. The molecule has 110 valence electrons. The van der Waals surface area contributed by atoms with Gasteiger partial charge in [0.1, 0.15) is 11.8 Å². The summed E-state index contributed by atoms with van der Waals surface area (Å²) in [6.07, 6.45) is -0.0159. The van der Waals surface area contributed by atoms with Crippen molar-refractivity contribution in [1.82, 2.24) is 5.32 Å². The average molecular weight is 302 g/mol. The third kappa shape index (κ3) is 5.90. The van der Waals surface area contributed by atoms with Crippen LogP contribution in [0.4, 0.5) is 0 Å². The number of hydrogen-bond donors (Lipinski definition) is 3. The Kier molecular flexibility index (Phi) is 6.83. The number of aliphatic carboxylic acids is 1. The van der Waals surface area contributed by atoms with Crippen LogP contribution in [0, 0.1) is 0 Å². The molecule has 0 aliphatic rings. The van der Waals surface area contributed by atoms with E-state index in [9.17, 15) is 9.59 Å². The van der Waals surface area contributed by atoms with Gasteiger partial charge in [0.05, 0.1) is 13.0 Å². The summed E-state index contributed by atoms with van der Waals surface area (Å²) in [5.74, 6) is -1.09. The maximum Gasteiger partial charge on any atom is 0.326 e. The van der Waals surface area contributed by atoms with E-state index in [0.717, 1.165) is 0 Å². The molecule has 0 fully saturated rings. The van der Waals surface area contributed by atoms with Crippen LogP contribution in [0.1, 0.15) is 12.8 Å². The molecule has 0 saturated heterocycles. The highest BCUT2D eigenvalue weighted by molar-refractivity contribution is 6.30. The number of ether oxygens (including phenoxy) is 1. The van der Waals surface area contributed by atoms with Crippen molar-refractivity contribution in [1.29, 1.82) is 0 Å². The highest BCUT2D eigenvalue weighted by Gasteiger charge is 2.18. The highest BCUT2D eigenvalue weighted by atomic mass is 35.5. The van der Waals surface area contributed by atoms with Gasteiger partial charge < -0.3 is 20.3 Å². The van der Waals surface area contributed by atoms with Crippen molar-refractivity contribution in [3.05, 3.63) is 29.3 Å². The predicted molar refractivity (Wildman–Crippen MR) is 72.8 cm³/mol. The Labute approximate surface area is 121 Å². The molecule has 7 heteroatoms. The Bertz CT molecular complexity index is 466. The van der Waals surface area contributed by atoms with Crippen LogP contribution >= 0.6 is 11.6 Å². The van der Waals surface area contributed by atoms with E-state index in [1.54, 1.807) is 24.3 Å². The normalized spacial score (nSPS) is 11.7. The molecular weight excluding hydrogens is 286 g/mol. The van der Waals surface area contributed by atoms with Crippen LogP contribution in [0.5, 0.6) is 5.75 Å². The molecule has 20 heavy (non-hydrogen) atoms. The van der Waals surface area contributed by atoms with Gasteiger partial charge in [-0.15, -0.1) is 0 Å². The summed E-state index contributed by atoms with van der Waals surface area (Å²) in [4.78, 5) is 22.3. The largest absolute Gasteiger partial charge is 0.493 e. The fourth-order valence-corrected chi connectivity index (χ4v) is 1.65. The van der Waals surface area contributed by atoms with Gasteiger partial charge in [0.25, 0.3) is 0 Å². The van der Waals surface area contributed by atoms with Crippen LogP contribution in [0.3, 0.4) is 0 Å². The summed E-state index contributed by atoms with van der Waals surface area (Å²) in [5, 5.41) is 20.4. The number of nitrogens with one attached hydrogen (secondary N) is 1. The highest BCUT2D eigenvalue weighted by Crippen LogP contribution is 2.17. The quantitative estimate of drug-likeness (QED) is 0.667. The van der Waals surface area contributed by atoms with Crippen LogP contribution in [-0.2, 0) is 9.59 Å². The van der Waals surface area contributed by atoms with Crippen molar-refractivity contribution in [3.8, 4) is 5.75 Å². The van der Waals surface area contributed by atoms with Gasteiger partial charge >= 0.3 is 5.97 Å². The Morgan fingerprint density at radius 2 is 2.15 bits per heavy atom. The van der Waals surface area contributed by atoms with Crippen molar-refractivity contribution in [2.75, 3.05) is 13.2 Å². The molecule has 0 aromatic heterocycles. The first-order valence-electron chi connectivity index (χ1n) is 6.04. The minimum absolute atomic E-state index is 0.0156. The third-order valence-corrected chi connectivity index (χ3v) is 2.68. The smallest absolute Gasteiger partial charge is 0.326 e.